The van der Waals surface area contributed by atoms with Gasteiger partial charge in [-0.1, -0.05) is 49.3 Å². The molecule has 5 heteroatoms. The first-order valence-corrected chi connectivity index (χ1v) is 8.18. The van der Waals surface area contributed by atoms with Crippen LogP contribution in [-0.4, -0.2) is 17.3 Å². The Morgan fingerprint density at radius 1 is 1.24 bits per heavy atom. The summed E-state index contributed by atoms with van der Waals surface area (Å²) in [5.41, 5.74) is 2.31. The quantitative estimate of drug-likeness (QED) is 0.475. The van der Waals surface area contributed by atoms with E-state index < -0.39 is 17.7 Å². The average Bonchev–Trinajstić information content (AvgIpc) is 2.43. The highest BCUT2D eigenvalue weighted by atomic mass is 19.4. The van der Waals surface area contributed by atoms with Crippen LogP contribution >= 0.6 is 0 Å². The third-order valence-corrected chi connectivity index (χ3v) is 4.30. The Hall–Kier alpha value is -2.04. The largest absolute Gasteiger partial charge is 0.478 e. The van der Waals surface area contributed by atoms with Crippen LogP contribution in [0.1, 0.15) is 47.0 Å². The maximum atomic E-state index is 12.7. The minimum Gasteiger partial charge on any atom is -0.478 e. The van der Waals surface area contributed by atoms with Gasteiger partial charge >= 0.3 is 12.1 Å². The Balaban J connectivity index is 2.93. The summed E-state index contributed by atoms with van der Waals surface area (Å²) in [5, 5.41) is 8.52. The van der Waals surface area contributed by atoms with Gasteiger partial charge in [0.2, 0.25) is 0 Å². The lowest BCUT2D eigenvalue weighted by atomic mass is 9.72. The molecule has 0 heterocycles. The summed E-state index contributed by atoms with van der Waals surface area (Å²) in [4.78, 5) is 10.5. The van der Waals surface area contributed by atoms with Crippen LogP contribution in [0.15, 0.2) is 58.7 Å². The maximum Gasteiger partial charge on any atom is 0.416 e. The van der Waals surface area contributed by atoms with Crippen LogP contribution in [0.25, 0.3) is 0 Å². The number of allylic oxidation sites excluding steroid dienone is 9. The van der Waals surface area contributed by atoms with E-state index in [1.54, 1.807) is 6.92 Å². The van der Waals surface area contributed by atoms with Crippen molar-refractivity contribution in [2.24, 2.45) is 5.41 Å². The van der Waals surface area contributed by atoms with Gasteiger partial charge in [-0.05, 0) is 50.2 Å². The Morgan fingerprint density at radius 3 is 2.40 bits per heavy atom. The lowest BCUT2D eigenvalue weighted by Gasteiger charge is -2.32. The molecule has 2 nitrogen and oxygen atoms in total. The first kappa shape index (κ1) is 21.0. The zero-order valence-corrected chi connectivity index (χ0v) is 15.1. The Morgan fingerprint density at radius 2 is 1.88 bits per heavy atom. The van der Waals surface area contributed by atoms with Gasteiger partial charge in [-0.2, -0.15) is 13.2 Å². The van der Waals surface area contributed by atoms with Crippen molar-refractivity contribution in [3.63, 3.8) is 0 Å². The van der Waals surface area contributed by atoms with E-state index in [2.05, 4.69) is 20.8 Å². The number of aliphatic carboxylic acids is 1. The highest BCUT2D eigenvalue weighted by Crippen LogP contribution is 2.40. The Kier molecular flexibility index (Phi) is 7.03. The lowest BCUT2D eigenvalue weighted by Crippen LogP contribution is -2.19. The topological polar surface area (TPSA) is 37.3 Å². The average molecular weight is 354 g/mol. The van der Waals surface area contributed by atoms with Crippen LogP contribution in [0.5, 0.6) is 0 Å². The monoisotopic (exact) mass is 354 g/mol. The Bertz CT molecular complexity index is 657. The van der Waals surface area contributed by atoms with Gasteiger partial charge in [-0.15, -0.1) is 0 Å². The fourth-order valence-corrected chi connectivity index (χ4v) is 2.94. The molecular formula is C20H25F3O2. The van der Waals surface area contributed by atoms with Crippen LogP contribution in [0.3, 0.4) is 0 Å². The van der Waals surface area contributed by atoms with Gasteiger partial charge in [0.1, 0.15) is 0 Å². The van der Waals surface area contributed by atoms with Gasteiger partial charge in [0.05, 0.1) is 5.57 Å². The van der Waals surface area contributed by atoms with E-state index >= 15 is 0 Å². The van der Waals surface area contributed by atoms with Crippen LogP contribution in [0.2, 0.25) is 0 Å². The predicted octanol–water partition coefficient (Wildman–Crippen LogP) is 6.15. The molecule has 0 aromatic carbocycles. The van der Waals surface area contributed by atoms with Crippen molar-refractivity contribution in [3.8, 4) is 0 Å². The van der Waals surface area contributed by atoms with Gasteiger partial charge in [0, 0.05) is 6.08 Å². The first-order chi connectivity index (χ1) is 11.4. The molecule has 0 unspecified atom stereocenters. The minimum atomic E-state index is -4.69. The van der Waals surface area contributed by atoms with Crippen LogP contribution in [0.4, 0.5) is 13.2 Å². The summed E-state index contributed by atoms with van der Waals surface area (Å²) in [5.74, 6) is -1.63. The molecular weight excluding hydrogens is 329 g/mol. The molecule has 25 heavy (non-hydrogen) atoms. The van der Waals surface area contributed by atoms with Crippen molar-refractivity contribution >= 4 is 5.97 Å². The number of hydrogen-bond donors (Lipinski definition) is 1. The second-order valence-electron chi connectivity index (χ2n) is 6.97. The van der Waals surface area contributed by atoms with E-state index in [0.717, 1.165) is 24.5 Å². The Labute approximate surface area is 147 Å². The molecule has 0 bridgehead atoms. The fraction of sp³-hybridized carbons (Fsp3) is 0.450. The molecule has 0 aliphatic heterocycles. The van der Waals surface area contributed by atoms with Crippen LogP contribution in [-0.2, 0) is 4.79 Å². The number of hydrogen-bond acceptors (Lipinski definition) is 1. The van der Waals surface area contributed by atoms with E-state index in [1.165, 1.54) is 29.7 Å². The molecule has 0 amide bonds. The summed E-state index contributed by atoms with van der Waals surface area (Å²) >= 11 is 0. The molecule has 1 N–H and O–H groups in total. The second kappa shape index (κ2) is 8.37. The normalized spacial score (nSPS) is 20.0. The van der Waals surface area contributed by atoms with Gasteiger partial charge in [0.15, 0.2) is 0 Å². The summed E-state index contributed by atoms with van der Waals surface area (Å²) in [7, 11) is 0. The number of rotatable bonds is 5. The van der Waals surface area contributed by atoms with Crippen LogP contribution in [0, 0.1) is 5.41 Å². The molecule has 1 rings (SSSR count). The summed E-state index contributed by atoms with van der Waals surface area (Å²) < 4.78 is 38.1. The summed E-state index contributed by atoms with van der Waals surface area (Å²) in [6, 6.07) is 0. The van der Waals surface area contributed by atoms with E-state index in [4.69, 9.17) is 5.11 Å². The van der Waals surface area contributed by atoms with E-state index in [9.17, 15) is 18.0 Å². The zero-order valence-electron chi connectivity index (χ0n) is 15.1. The van der Waals surface area contributed by atoms with Crippen molar-refractivity contribution in [1.82, 2.24) is 0 Å². The smallest absolute Gasteiger partial charge is 0.416 e. The molecule has 1 aliphatic carbocycles. The van der Waals surface area contributed by atoms with Crippen molar-refractivity contribution in [1.29, 1.82) is 0 Å². The van der Waals surface area contributed by atoms with Gasteiger partial charge < -0.3 is 5.11 Å². The van der Waals surface area contributed by atoms with Crippen molar-refractivity contribution in [2.75, 3.05) is 0 Å². The molecule has 0 aromatic heterocycles. The first-order valence-electron chi connectivity index (χ1n) is 8.18. The van der Waals surface area contributed by atoms with Crippen molar-refractivity contribution in [3.05, 3.63) is 58.7 Å². The molecule has 138 valence electrons. The number of carbonyl (C=O) groups is 1. The number of halogens is 3. The minimum absolute atomic E-state index is 0.0998. The molecule has 0 aromatic rings. The van der Waals surface area contributed by atoms with Crippen molar-refractivity contribution < 1.29 is 23.1 Å². The molecule has 0 fully saturated rings. The summed E-state index contributed by atoms with van der Waals surface area (Å²) in [6.45, 7) is 8.30. The summed E-state index contributed by atoms with van der Waals surface area (Å²) in [6.07, 6.45) is 6.25. The molecule has 1 aliphatic rings. The molecule has 0 atom stereocenters. The van der Waals surface area contributed by atoms with Gasteiger partial charge in [-0.3, -0.25) is 0 Å². The van der Waals surface area contributed by atoms with E-state index in [-0.39, 0.29) is 11.5 Å². The number of carboxylic acids is 1. The van der Waals surface area contributed by atoms with Gasteiger partial charge in [0.25, 0.3) is 0 Å². The van der Waals surface area contributed by atoms with E-state index in [0.29, 0.717) is 0 Å². The fourth-order valence-electron chi connectivity index (χ4n) is 2.94. The SMILES string of the molecule is CC1=C(/C=C/C(C)=C/C=C\C(=C\C(=O)O)C(F)(F)F)C(C)(C)CCC1. The second-order valence-corrected chi connectivity index (χ2v) is 6.97. The molecule has 0 saturated heterocycles. The number of alkyl halides is 3. The molecule has 0 radical (unpaired) electrons. The standard InChI is InChI=1S/C20H25F3O2/c1-14(7-5-9-16(13-18(24)25)20(21,22)23)10-11-17-15(2)8-6-12-19(17,3)4/h5,7,9-11,13H,6,8,12H2,1-4H3,(H,24,25)/b9-5-,11-10+,14-7+,16-13-. The highest BCUT2D eigenvalue weighted by Gasteiger charge is 2.32. The zero-order chi connectivity index (χ0) is 19.3. The lowest BCUT2D eigenvalue weighted by molar-refractivity contribution is -0.132. The highest BCUT2D eigenvalue weighted by molar-refractivity contribution is 5.81. The van der Waals surface area contributed by atoms with E-state index in [1.807, 2.05) is 12.2 Å². The number of carboxylic acid groups (broad SMARTS) is 1. The van der Waals surface area contributed by atoms with Gasteiger partial charge in [-0.25, -0.2) is 4.79 Å². The third-order valence-electron chi connectivity index (χ3n) is 4.30. The molecule has 0 spiro atoms. The van der Waals surface area contributed by atoms with Crippen LogP contribution < -0.4 is 0 Å². The maximum absolute atomic E-state index is 12.7. The van der Waals surface area contributed by atoms with Crippen molar-refractivity contribution in [2.45, 2.75) is 53.1 Å². The molecule has 0 saturated carbocycles. The predicted molar refractivity (Wildman–Crippen MR) is 94.1 cm³/mol. The third kappa shape index (κ3) is 6.77.